The number of carbonyl (C=O) groups excluding carboxylic acids is 1. The van der Waals surface area contributed by atoms with Gasteiger partial charge in [0.2, 0.25) is 6.10 Å². The van der Waals surface area contributed by atoms with Crippen LogP contribution >= 0.6 is 0 Å². The van der Waals surface area contributed by atoms with Gasteiger partial charge in [-0.2, -0.15) is 18.2 Å². The van der Waals surface area contributed by atoms with Crippen molar-refractivity contribution in [3.8, 4) is 0 Å². The van der Waals surface area contributed by atoms with Crippen LogP contribution in [0.3, 0.4) is 0 Å². The predicted molar refractivity (Wildman–Crippen MR) is 106 cm³/mol. The molecule has 2 aliphatic rings. The van der Waals surface area contributed by atoms with Crippen LogP contribution in [0.4, 0.5) is 13.2 Å². The van der Waals surface area contributed by atoms with Crippen LogP contribution in [0.1, 0.15) is 24.5 Å². The summed E-state index contributed by atoms with van der Waals surface area (Å²) >= 11 is 0. The fourth-order valence-corrected chi connectivity index (χ4v) is 4.66. The van der Waals surface area contributed by atoms with Crippen molar-refractivity contribution < 1.29 is 27.5 Å². The first kappa shape index (κ1) is 19.3. The lowest BCUT2D eigenvalue weighted by molar-refractivity contribution is -0.225. The van der Waals surface area contributed by atoms with Crippen LogP contribution in [0.15, 0.2) is 54.6 Å². The number of hydrogen-bond acceptors (Lipinski definition) is 4. The van der Waals surface area contributed by atoms with Crippen LogP contribution in [0.2, 0.25) is 0 Å². The second-order valence-electron chi connectivity index (χ2n) is 7.84. The number of esters is 1. The molecule has 156 valence electrons. The summed E-state index contributed by atoms with van der Waals surface area (Å²) in [6.07, 6.45) is -5.53. The van der Waals surface area contributed by atoms with E-state index in [-0.39, 0.29) is 18.2 Å². The minimum atomic E-state index is -4.75. The predicted octanol–water partition coefficient (Wildman–Crippen LogP) is 5.17. The molecule has 2 aliphatic heterocycles. The molecule has 2 heterocycles. The van der Waals surface area contributed by atoms with Crippen molar-refractivity contribution in [2.75, 3.05) is 13.2 Å². The second-order valence-corrected chi connectivity index (χ2v) is 7.84. The number of nitrogens with zero attached hydrogens (tertiary/aromatic N) is 1. The van der Waals surface area contributed by atoms with Gasteiger partial charge in [-0.15, -0.1) is 0 Å². The summed E-state index contributed by atoms with van der Waals surface area (Å²) < 4.78 is 48.0. The van der Waals surface area contributed by atoms with Gasteiger partial charge < -0.3 is 4.74 Å². The van der Waals surface area contributed by atoms with Crippen LogP contribution in [0, 0.1) is 5.92 Å². The largest absolute Gasteiger partial charge is 0.447 e. The number of rotatable bonds is 3. The third kappa shape index (κ3) is 3.22. The molecule has 0 aliphatic carbocycles. The van der Waals surface area contributed by atoms with Crippen molar-refractivity contribution in [3.63, 3.8) is 0 Å². The quantitative estimate of drug-likeness (QED) is 0.437. The Balaban J connectivity index is 1.61. The molecule has 0 N–H and O–H groups in total. The zero-order chi connectivity index (χ0) is 20.9. The van der Waals surface area contributed by atoms with Crippen LogP contribution in [0.25, 0.3) is 21.5 Å². The second kappa shape index (κ2) is 7.25. The summed E-state index contributed by atoms with van der Waals surface area (Å²) in [5.74, 6) is -1.57. The van der Waals surface area contributed by atoms with Gasteiger partial charge in [0.15, 0.2) is 0 Å². The molecule has 0 amide bonds. The highest BCUT2D eigenvalue weighted by Gasteiger charge is 2.49. The van der Waals surface area contributed by atoms with Crippen molar-refractivity contribution in [2.24, 2.45) is 5.92 Å². The number of alkyl halides is 3. The van der Waals surface area contributed by atoms with E-state index in [1.165, 1.54) is 0 Å². The topological polar surface area (TPSA) is 38.8 Å². The van der Waals surface area contributed by atoms with E-state index in [0.717, 1.165) is 6.42 Å². The summed E-state index contributed by atoms with van der Waals surface area (Å²) in [4.78, 5) is 18.3. The molecule has 0 bridgehead atoms. The number of benzene rings is 3. The van der Waals surface area contributed by atoms with Crippen molar-refractivity contribution in [1.82, 2.24) is 5.06 Å². The number of carbonyl (C=O) groups is 1. The molecule has 2 unspecified atom stereocenters. The van der Waals surface area contributed by atoms with Gasteiger partial charge in [-0.3, -0.25) is 9.63 Å². The molecular formula is C23H20F3NO3. The molecule has 3 aromatic carbocycles. The highest BCUT2D eigenvalue weighted by Crippen LogP contribution is 2.44. The molecule has 30 heavy (non-hydrogen) atoms. The highest BCUT2D eigenvalue weighted by molar-refractivity contribution is 6.02. The molecule has 0 aromatic heterocycles. The summed E-state index contributed by atoms with van der Waals surface area (Å²) in [5.41, 5.74) is -0.0215. The lowest BCUT2D eigenvalue weighted by Crippen LogP contribution is -2.35. The SMILES string of the molecule is O=C(O[C@H](c1c2ccccc2cc2ccccc12)C(F)(F)F)C1CON2CCCC12. The zero-order valence-corrected chi connectivity index (χ0v) is 16.1. The zero-order valence-electron chi connectivity index (χ0n) is 16.1. The molecule has 2 saturated heterocycles. The molecule has 4 nitrogen and oxygen atoms in total. The van der Waals surface area contributed by atoms with E-state index in [9.17, 15) is 18.0 Å². The van der Waals surface area contributed by atoms with Crippen LogP contribution in [0.5, 0.6) is 0 Å². The van der Waals surface area contributed by atoms with Crippen LogP contribution in [-0.4, -0.2) is 36.4 Å². The van der Waals surface area contributed by atoms with E-state index in [1.807, 2.05) is 6.07 Å². The van der Waals surface area contributed by atoms with Gasteiger partial charge in [0.25, 0.3) is 0 Å². The Kier molecular flexibility index (Phi) is 4.67. The molecule has 0 saturated carbocycles. The standard InChI is InChI=1S/C23H20F3NO3/c24-23(25,26)21(30-22(28)18-13-29-27-11-5-10-19(18)27)20-16-8-3-1-6-14(16)12-15-7-2-4-9-17(15)20/h1-4,6-9,12,18-19,21H,5,10-11,13H2/t18?,19?,21-/m1/s1. The fraction of sp³-hybridized carbons (Fsp3) is 0.348. The number of fused-ring (bicyclic) bond motifs is 3. The fourth-order valence-electron chi connectivity index (χ4n) is 4.66. The Labute approximate surface area is 171 Å². The highest BCUT2D eigenvalue weighted by atomic mass is 19.4. The number of hydroxylamine groups is 2. The first-order valence-corrected chi connectivity index (χ1v) is 10.0. The molecule has 7 heteroatoms. The van der Waals surface area contributed by atoms with E-state index in [2.05, 4.69) is 0 Å². The number of ether oxygens (including phenoxy) is 1. The van der Waals surface area contributed by atoms with E-state index in [0.29, 0.717) is 34.5 Å². The van der Waals surface area contributed by atoms with Crippen molar-refractivity contribution in [2.45, 2.75) is 31.2 Å². The summed E-state index contributed by atoms with van der Waals surface area (Å²) in [5, 5.41) is 3.89. The van der Waals surface area contributed by atoms with Crippen LogP contribution < -0.4 is 0 Å². The Bertz CT molecular complexity index is 1060. The molecule has 5 rings (SSSR count). The Morgan fingerprint density at radius 1 is 1.07 bits per heavy atom. The van der Waals surface area contributed by atoms with Gasteiger partial charge in [-0.25, -0.2) is 0 Å². The van der Waals surface area contributed by atoms with Gasteiger partial charge >= 0.3 is 12.1 Å². The maximum Gasteiger partial charge on any atom is 0.429 e. The van der Waals surface area contributed by atoms with Gasteiger partial charge in [0.1, 0.15) is 5.92 Å². The lowest BCUT2D eigenvalue weighted by atomic mass is 9.93. The third-order valence-corrected chi connectivity index (χ3v) is 6.04. The maximum absolute atomic E-state index is 14.3. The summed E-state index contributed by atoms with van der Waals surface area (Å²) in [7, 11) is 0. The molecular weight excluding hydrogens is 395 g/mol. The average molecular weight is 415 g/mol. The smallest absolute Gasteiger partial charge is 0.429 e. The van der Waals surface area contributed by atoms with Gasteiger partial charge in [-0.1, -0.05) is 48.5 Å². The van der Waals surface area contributed by atoms with E-state index < -0.39 is 24.2 Å². The Morgan fingerprint density at radius 3 is 2.33 bits per heavy atom. The molecule has 3 aromatic rings. The van der Waals surface area contributed by atoms with Gasteiger partial charge in [0, 0.05) is 12.1 Å². The molecule has 3 atom stereocenters. The van der Waals surface area contributed by atoms with E-state index >= 15 is 0 Å². The van der Waals surface area contributed by atoms with Crippen molar-refractivity contribution in [1.29, 1.82) is 0 Å². The number of halogens is 3. The van der Waals surface area contributed by atoms with Crippen molar-refractivity contribution >= 4 is 27.5 Å². The van der Waals surface area contributed by atoms with Crippen LogP contribution in [-0.2, 0) is 14.4 Å². The maximum atomic E-state index is 14.3. The minimum Gasteiger partial charge on any atom is -0.447 e. The lowest BCUT2D eigenvalue weighted by Gasteiger charge is -2.26. The Hall–Kier alpha value is -2.64. The first-order chi connectivity index (χ1) is 14.4. The monoisotopic (exact) mass is 415 g/mol. The molecule has 0 spiro atoms. The van der Waals surface area contributed by atoms with E-state index in [1.54, 1.807) is 53.6 Å². The molecule has 2 fully saturated rings. The minimum absolute atomic E-state index is 0.0215. The summed E-state index contributed by atoms with van der Waals surface area (Å²) in [6.45, 7) is 0.746. The van der Waals surface area contributed by atoms with Crippen molar-refractivity contribution in [3.05, 3.63) is 60.2 Å². The van der Waals surface area contributed by atoms with Gasteiger partial charge in [0.05, 0.1) is 12.6 Å². The van der Waals surface area contributed by atoms with Gasteiger partial charge in [-0.05, 0) is 40.5 Å². The Morgan fingerprint density at radius 2 is 1.70 bits per heavy atom. The molecule has 0 radical (unpaired) electrons. The van der Waals surface area contributed by atoms with E-state index in [4.69, 9.17) is 9.57 Å². The third-order valence-electron chi connectivity index (χ3n) is 6.04. The first-order valence-electron chi connectivity index (χ1n) is 10.0. The normalized spacial score (nSPS) is 23.0. The number of hydrogen-bond donors (Lipinski definition) is 0. The summed E-state index contributed by atoms with van der Waals surface area (Å²) in [6, 6.07) is 15.4. The average Bonchev–Trinajstić information content (AvgIpc) is 3.33.